The lowest BCUT2D eigenvalue weighted by atomic mass is 10.2. The fourth-order valence-electron chi connectivity index (χ4n) is 1.63. The van der Waals surface area contributed by atoms with Crippen LogP contribution < -0.4 is 9.57 Å². The molecule has 0 aliphatic carbocycles. The van der Waals surface area contributed by atoms with E-state index < -0.39 is 0 Å². The fourth-order valence-corrected chi connectivity index (χ4v) is 1.97. The molecule has 0 fully saturated rings. The van der Waals surface area contributed by atoms with Crippen LogP contribution in [0.2, 0.25) is 5.02 Å². The van der Waals surface area contributed by atoms with E-state index in [-0.39, 0.29) is 12.4 Å². The van der Waals surface area contributed by atoms with Gasteiger partial charge >= 0.3 is 0 Å². The van der Waals surface area contributed by atoms with Gasteiger partial charge in [-0.05, 0) is 23.9 Å². The third-order valence-corrected chi connectivity index (χ3v) is 3.07. The molecule has 2 nitrogen and oxygen atoms in total. The average Bonchev–Trinajstić information content (AvgIpc) is 2.40. The van der Waals surface area contributed by atoms with Gasteiger partial charge in [0, 0.05) is 22.7 Å². The van der Waals surface area contributed by atoms with Crippen molar-refractivity contribution in [3.63, 3.8) is 0 Å². The van der Waals surface area contributed by atoms with Crippen LogP contribution in [0.1, 0.15) is 11.1 Å². The lowest BCUT2D eigenvalue weighted by molar-refractivity contribution is 0.303. The average molecular weight is 319 g/mol. The largest absolute Gasteiger partial charge is 0.489 e. The number of halogens is 3. The van der Waals surface area contributed by atoms with Gasteiger partial charge < -0.3 is 4.74 Å². The van der Waals surface area contributed by atoms with Gasteiger partial charge in [0.05, 0.1) is 0 Å². The van der Waals surface area contributed by atoms with Gasteiger partial charge in [-0.2, -0.15) is 0 Å². The maximum Gasteiger partial charge on any atom is 0.124 e. The summed E-state index contributed by atoms with van der Waals surface area (Å²) in [7, 11) is 0. The zero-order valence-corrected chi connectivity index (χ0v) is 12.4. The van der Waals surface area contributed by atoms with Crippen molar-refractivity contribution in [2.24, 2.45) is 0 Å². The lowest BCUT2D eigenvalue weighted by Gasteiger charge is -2.11. The Hall–Kier alpha value is -0.930. The van der Waals surface area contributed by atoms with Gasteiger partial charge in [-0.1, -0.05) is 48.0 Å². The number of ether oxygens (including phenoxy) is 1. The van der Waals surface area contributed by atoms with Crippen molar-refractivity contribution < 1.29 is 4.74 Å². The molecule has 0 aliphatic rings. The first kappa shape index (κ1) is 16.1. The molecular formula is C14H14Cl3NO. The molecule has 0 aliphatic heterocycles. The molecular weight excluding hydrogens is 305 g/mol. The first-order valence-electron chi connectivity index (χ1n) is 5.59. The molecule has 0 unspecified atom stereocenters. The predicted octanol–water partition coefficient (Wildman–Crippen LogP) is 4.58. The van der Waals surface area contributed by atoms with Crippen molar-refractivity contribution in [1.82, 2.24) is 4.84 Å². The molecule has 19 heavy (non-hydrogen) atoms. The molecule has 0 saturated heterocycles. The monoisotopic (exact) mass is 317 g/mol. The van der Waals surface area contributed by atoms with E-state index in [9.17, 15) is 0 Å². The van der Waals surface area contributed by atoms with E-state index in [0.717, 1.165) is 16.9 Å². The number of benzene rings is 2. The van der Waals surface area contributed by atoms with Crippen molar-refractivity contribution in [2.45, 2.75) is 13.2 Å². The summed E-state index contributed by atoms with van der Waals surface area (Å²) < 4.78 is 5.77. The molecule has 2 aromatic rings. The molecule has 0 amide bonds. The van der Waals surface area contributed by atoms with Crippen LogP contribution in [0, 0.1) is 0 Å². The fraction of sp³-hybridized carbons (Fsp3) is 0.143. The van der Waals surface area contributed by atoms with E-state index in [1.54, 1.807) is 0 Å². The Balaban J connectivity index is 0.00000180. The van der Waals surface area contributed by atoms with Crippen LogP contribution in [0.5, 0.6) is 5.75 Å². The smallest absolute Gasteiger partial charge is 0.124 e. The van der Waals surface area contributed by atoms with Gasteiger partial charge in [0.25, 0.3) is 0 Å². The van der Waals surface area contributed by atoms with Crippen LogP contribution in [0.4, 0.5) is 0 Å². The van der Waals surface area contributed by atoms with E-state index in [4.69, 9.17) is 28.1 Å². The third kappa shape index (κ3) is 4.59. The van der Waals surface area contributed by atoms with Crippen LogP contribution in [0.25, 0.3) is 0 Å². The predicted molar refractivity (Wildman–Crippen MR) is 82.2 cm³/mol. The number of para-hydroxylation sites is 1. The molecule has 5 heteroatoms. The SMILES string of the molecule is Cl.ClNCc1ccccc1OCc1ccccc1Cl. The van der Waals surface area contributed by atoms with Crippen LogP contribution in [-0.2, 0) is 13.2 Å². The molecule has 0 saturated carbocycles. The highest BCUT2D eigenvalue weighted by atomic mass is 35.5. The minimum Gasteiger partial charge on any atom is -0.489 e. The molecule has 0 radical (unpaired) electrons. The number of hydrogen-bond donors (Lipinski definition) is 1. The maximum atomic E-state index is 6.08. The first-order valence-corrected chi connectivity index (χ1v) is 6.34. The lowest BCUT2D eigenvalue weighted by Crippen LogP contribution is -2.03. The second-order valence-corrected chi connectivity index (χ2v) is 4.47. The van der Waals surface area contributed by atoms with Crippen molar-refractivity contribution in [3.8, 4) is 5.75 Å². The van der Waals surface area contributed by atoms with Crippen molar-refractivity contribution in [2.75, 3.05) is 0 Å². The van der Waals surface area contributed by atoms with E-state index in [2.05, 4.69) is 4.84 Å². The van der Waals surface area contributed by atoms with Gasteiger partial charge in [-0.15, -0.1) is 12.4 Å². The van der Waals surface area contributed by atoms with E-state index in [1.165, 1.54) is 0 Å². The van der Waals surface area contributed by atoms with Gasteiger partial charge in [-0.25, -0.2) is 4.84 Å². The Bertz CT molecular complexity index is 520. The number of nitrogens with one attached hydrogen (secondary N) is 1. The third-order valence-electron chi connectivity index (χ3n) is 2.57. The maximum absolute atomic E-state index is 6.08. The summed E-state index contributed by atoms with van der Waals surface area (Å²) in [6, 6.07) is 15.4. The summed E-state index contributed by atoms with van der Waals surface area (Å²) in [6.45, 7) is 0.999. The van der Waals surface area contributed by atoms with Gasteiger partial charge in [0.2, 0.25) is 0 Å². The quantitative estimate of drug-likeness (QED) is 0.815. The topological polar surface area (TPSA) is 21.3 Å². The molecule has 0 heterocycles. The van der Waals surface area contributed by atoms with E-state index in [1.807, 2.05) is 48.5 Å². The zero-order valence-electron chi connectivity index (χ0n) is 10.1. The standard InChI is InChI=1S/C14H13Cl2NO.ClH/c15-13-7-3-1-6-12(13)10-18-14-8-4-2-5-11(14)9-17-16;/h1-8,17H,9-10H2;1H. The Labute approximate surface area is 129 Å². The summed E-state index contributed by atoms with van der Waals surface area (Å²) in [5.74, 6) is 0.811. The van der Waals surface area contributed by atoms with Crippen LogP contribution in [0.3, 0.4) is 0 Å². The van der Waals surface area contributed by atoms with E-state index >= 15 is 0 Å². The second kappa shape index (κ2) is 8.28. The number of hydrogen-bond acceptors (Lipinski definition) is 2. The minimum atomic E-state index is 0. The van der Waals surface area contributed by atoms with Crippen LogP contribution in [0.15, 0.2) is 48.5 Å². The molecule has 2 aromatic carbocycles. The minimum absolute atomic E-state index is 0. The zero-order chi connectivity index (χ0) is 12.8. The summed E-state index contributed by atoms with van der Waals surface area (Å²) in [5.41, 5.74) is 1.98. The summed E-state index contributed by atoms with van der Waals surface area (Å²) >= 11 is 11.6. The normalized spacial score (nSPS) is 9.79. The van der Waals surface area contributed by atoms with Gasteiger partial charge in [0.15, 0.2) is 0 Å². The molecule has 102 valence electrons. The Morgan fingerprint density at radius 3 is 2.26 bits per heavy atom. The highest BCUT2D eigenvalue weighted by molar-refractivity contribution is 6.31. The highest BCUT2D eigenvalue weighted by Crippen LogP contribution is 2.21. The van der Waals surface area contributed by atoms with Crippen LogP contribution in [-0.4, -0.2) is 0 Å². The highest BCUT2D eigenvalue weighted by Gasteiger charge is 2.04. The van der Waals surface area contributed by atoms with Crippen molar-refractivity contribution in [3.05, 3.63) is 64.7 Å². The summed E-state index contributed by atoms with van der Waals surface area (Å²) in [6.07, 6.45) is 0. The van der Waals surface area contributed by atoms with Gasteiger partial charge in [-0.3, -0.25) is 0 Å². The first-order chi connectivity index (χ1) is 8.81. The summed E-state index contributed by atoms with van der Waals surface area (Å²) in [5, 5.41) is 0.713. The molecule has 2 rings (SSSR count). The van der Waals surface area contributed by atoms with Crippen molar-refractivity contribution >= 4 is 35.8 Å². The number of rotatable bonds is 5. The second-order valence-electron chi connectivity index (χ2n) is 3.80. The van der Waals surface area contributed by atoms with E-state index in [0.29, 0.717) is 18.2 Å². The van der Waals surface area contributed by atoms with Gasteiger partial charge in [0.1, 0.15) is 12.4 Å². The molecule has 1 N–H and O–H groups in total. The molecule has 0 bridgehead atoms. The molecule has 0 atom stereocenters. The molecule has 0 spiro atoms. The Morgan fingerprint density at radius 1 is 0.947 bits per heavy atom. The molecule has 0 aromatic heterocycles. The van der Waals surface area contributed by atoms with Crippen LogP contribution >= 0.6 is 35.8 Å². The summed E-state index contributed by atoms with van der Waals surface area (Å²) in [4.78, 5) is 2.60. The Morgan fingerprint density at radius 2 is 1.58 bits per heavy atom. The Kier molecular flexibility index (Phi) is 7.03. The van der Waals surface area contributed by atoms with Crippen molar-refractivity contribution in [1.29, 1.82) is 0 Å².